The highest BCUT2D eigenvalue weighted by atomic mass is 16.2. The molecule has 1 fully saturated rings. The molecule has 1 heterocycles. The molecule has 0 radical (unpaired) electrons. The van der Waals surface area contributed by atoms with Gasteiger partial charge in [0.05, 0.1) is 18.5 Å². The first-order valence-corrected chi connectivity index (χ1v) is 7.38. The fourth-order valence-electron chi connectivity index (χ4n) is 2.53. The number of nitrogens with zero attached hydrogens (tertiary/aromatic N) is 2. The molecule has 1 aromatic carbocycles. The van der Waals surface area contributed by atoms with Crippen molar-refractivity contribution in [2.75, 3.05) is 6.54 Å². The highest BCUT2D eigenvalue weighted by molar-refractivity contribution is 5.88. The summed E-state index contributed by atoms with van der Waals surface area (Å²) in [7, 11) is 0. The molecular formula is C16H20N4O2. The van der Waals surface area contributed by atoms with E-state index in [1.165, 1.54) is 4.90 Å². The van der Waals surface area contributed by atoms with Crippen LogP contribution >= 0.6 is 0 Å². The van der Waals surface area contributed by atoms with Gasteiger partial charge in [0.2, 0.25) is 11.8 Å². The average Bonchev–Trinajstić information content (AvgIpc) is 3.01. The van der Waals surface area contributed by atoms with Crippen LogP contribution in [0.25, 0.3) is 0 Å². The number of likely N-dealkylation sites (tertiary alicyclic amines) is 1. The Hall–Kier alpha value is -2.39. The molecule has 0 aromatic heterocycles. The van der Waals surface area contributed by atoms with Gasteiger partial charge in [-0.25, -0.2) is 0 Å². The second-order valence-electron chi connectivity index (χ2n) is 5.39. The smallest absolute Gasteiger partial charge is 0.241 e. The van der Waals surface area contributed by atoms with Gasteiger partial charge in [-0.15, -0.1) is 0 Å². The summed E-state index contributed by atoms with van der Waals surface area (Å²) in [5, 5.41) is 11.7. The topological polar surface area (TPSA) is 99.2 Å². The molecule has 0 aliphatic carbocycles. The van der Waals surface area contributed by atoms with Gasteiger partial charge in [0.15, 0.2) is 0 Å². The molecule has 2 rings (SSSR count). The van der Waals surface area contributed by atoms with Crippen molar-refractivity contribution in [3.8, 4) is 6.07 Å². The van der Waals surface area contributed by atoms with Crippen molar-refractivity contribution in [1.29, 1.82) is 5.26 Å². The minimum Gasteiger partial charge on any atom is -0.352 e. The fraction of sp³-hybridized carbons (Fsp3) is 0.438. The molecule has 22 heavy (non-hydrogen) atoms. The van der Waals surface area contributed by atoms with Gasteiger partial charge < -0.3 is 16.0 Å². The summed E-state index contributed by atoms with van der Waals surface area (Å²) in [6, 6.07) is 10.3. The van der Waals surface area contributed by atoms with Crippen molar-refractivity contribution in [3.05, 3.63) is 35.9 Å². The lowest BCUT2D eigenvalue weighted by Gasteiger charge is -2.23. The predicted molar refractivity (Wildman–Crippen MR) is 81.2 cm³/mol. The van der Waals surface area contributed by atoms with E-state index in [0.29, 0.717) is 19.5 Å². The summed E-state index contributed by atoms with van der Waals surface area (Å²) in [5.74, 6) is -0.587. The third-order valence-corrected chi connectivity index (χ3v) is 3.74. The lowest BCUT2D eigenvalue weighted by molar-refractivity contribution is -0.135. The zero-order valence-corrected chi connectivity index (χ0v) is 12.4. The van der Waals surface area contributed by atoms with Gasteiger partial charge in [-0.3, -0.25) is 9.59 Å². The molecule has 6 heteroatoms. The summed E-state index contributed by atoms with van der Waals surface area (Å²) < 4.78 is 0. The summed E-state index contributed by atoms with van der Waals surface area (Å²) in [6.07, 6.45) is 1.41. The van der Waals surface area contributed by atoms with Crippen LogP contribution in [0.1, 0.15) is 24.8 Å². The van der Waals surface area contributed by atoms with Crippen LogP contribution in [0.2, 0.25) is 0 Å². The Balaban J connectivity index is 1.81. The lowest BCUT2D eigenvalue weighted by atomic mass is 10.1. The third-order valence-electron chi connectivity index (χ3n) is 3.74. The molecule has 3 N–H and O–H groups in total. The molecule has 1 saturated heterocycles. The number of hydrogen-bond acceptors (Lipinski definition) is 4. The molecule has 1 unspecified atom stereocenters. The molecule has 1 aromatic rings. The number of nitrogens with two attached hydrogens (primary N) is 1. The van der Waals surface area contributed by atoms with Crippen molar-refractivity contribution >= 4 is 11.8 Å². The molecule has 2 atom stereocenters. The second-order valence-corrected chi connectivity index (χ2v) is 5.39. The number of nitriles is 1. The predicted octanol–water partition coefficient (Wildman–Crippen LogP) is 0.535. The van der Waals surface area contributed by atoms with Crippen LogP contribution in [0.15, 0.2) is 30.3 Å². The first-order chi connectivity index (χ1) is 10.6. The van der Waals surface area contributed by atoms with Gasteiger partial charge in [0.1, 0.15) is 6.04 Å². The molecule has 6 nitrogen and oxygen atoms in total. The van der Waals surface area contributed by atoms with Gasteiger partial charge in [-0.05, 0) is 18.4 Å². The van der Waals surface area contributed by atoms with Crippen molar-refractivity contribution in [3.63, 3.8) is 0 Å². The van der Waals surface area contributed by atoms with E-state index in [4.69, 9.17) is 11.0 Å². The van der Waals surface area contributed by atoms with Gasteiger partial charge in [0.25, 0.3) is 0 Å². The molecule has 2 amide bonds. The van der Waals surface area contributed by atoms with E-state index in [-0.39, 0.29) is 18.2 Å². The first kappa shape index (κ1) is 16.0. The number of amides is 2. The van der Waals surface area contributed by atoms with Gasteiger partial charge in [-0.2, -0.15) is 5.26 Å². The Kier molecular flexibility index (Phi) is 5.50. The minimum atomic E-state index is -0.898. The summed E-state index contributed by atoms with van der Waals surface area (Å²) in [6.45, 7) is 0.946. The van der Waals surface area contributed by atoms with Crippen molar-refractivity contribution in [2.24, 2.45) is 5.73 Å². The molecule has 1 aliphatic heterocycles. The average molecular weight is 300 g/mol. The van der Waals surface area contributed by atoms with Crippen molar-refractivity contribution in [2.45, 2.75) is 37.9 Å². The SMILES string of the molecule is N#C[C@@H]1CCCN1C(=O)C(N)CC(=O)NCc1ccccc1. The Morgan fingerprint density at radius 2 is 2.14 bits per heavy atom. The zero-order valence-electron chi connectivity index (χ0n) is 12.4. The van der Waals surface area contributed by atoms with E-state index in [1.807, 2.05) is 30.3 Å². The Labute approximate surface area is 129 Å². The van der Waals surface area contributed by atoms with Crippen LogP contribution in [0, 0.1) is 11.3 Å². The van der Waals surface area contributed by atoms with Gasteiger partial charge in [0, 0.05) is 13.1 Å². The molecule has 1 aliphatic rings. The highest BCUT2D eigenvalue weighted by Crippen LogP contribution is 2.17. The molecule has 116 valence electrons. The maximum Gasteiger partial charge on any atom is 0.241 e. The van der Waals surface area contributed by atoms with Crippen LogP contribution in [-0.4, -0.2) is 35.3 Å². The number of carbonyl (C=O) groups is 2. The maximum absolute atomic E-state index is 12.2. The fourth-order valence-corrected chi connectivity index (χ4v) is 2.53. The number of hydrogen-bond donors (Lipinski definition) is 2. The quantitative estimate of drug-likeness (QED) is 0.828. The Morgan fingerprint density at radius 1 is 1.41 bits per heavy atom. The maximum atomic E-state index is 12.2. The summed E-state index contributed by atoms with van der Waals surface area (Å²) in [4.78, 5) is 25.5. The number of carbonyl (C=O) groups excluding carboxylic acids is 2. The zero-order chi connectivity index (χ0) is 15.9. The monoisotopic (exact) mass is 300 g/mol. The van der Waals surface area contributed by atoms with Crippen LogP contribution in [-0.2, 0) is 16.1 Å². The van der Waals surface area contributed by atoms with E-state index in [1.54, 1.807) is 0 Å². The Bertz CT molecular complexity index is 567. The van der Waals surface area contributed by atoms with Crippen molar-refractivity contribution in [1.82, 2.24) is 10.2 Å². The first-order valence-electron chi connectivity index (χ1n) is 7.38. The molecule has 0 spiro atoms. The number of rotatable bonds is 5. The molecular weight excluding hydrogens is 280 g/mol. The standard InChI is InChI=1S/C16H20N4O2/c17-10-13-7-4-8-20(13)16(22)14(18)9-15(21)19-11-12-5-2-1-3-6-12/h1-3,5-6,13-14H,4,7-9,11,18H2,(H,19,21)/t13-,14?/m0/s1. The van der Waals surface area contributed by atoms with E-state index in [2.05, 4.69) is 11.4 Å². The molecule has 0 bridgehead atoms. The van der Waals surface area contributed by atoms with E-state index < -0.39 is 12.1 Å². The number of benzene rings is 1. The number of nitrogens with one attached hydrogen (secondary N) is 1. The van der Waals surface area contributed by atoms with Crippen molar-refractivity contribution < 1.29 is 9.59 Å². The minimum absolute atomic E-state index is 0.0691. The van der Waals surface area contributed by atoms with E-state index >= 15 is 0 Å². The van der Waals surface area contributed by atoms with Crippen LogP contribution in [0.5, 0.6) is 0 Å². The van der Waals surface area contributed by atoms with Crippen LogP contribution < -0.4 is 11.1 Å². The summed E-state index contributed by atoms with van der Waals surface area (Å²) >= 11 is 0. The second kappa shape index (κ2) is 7.57. The van der Waals surface area contributed by atoms with E-state index in [0.717, 1.165) is 12.0 Å². The van der Waals surface area contributed by atoms with E-state index in [9.17, 15) is 9.59 Å². The summed E-state index contributed by atoms with van der Waals surface area (Å²) in [5.41, 5.74) is 6.81. The Morgan fingerprint density at radius 3 is 2.82 bits per heavy atom. The molecule has 0 saturated carbocycles. The third kappa shape index (κ3) is 4.06. The van der Waals surface area contributed by atoms with Gasteiger partial charge >= 0.3 is 0 Å². The largest absolute Gasteiger partial charge is 0.352 e. The van der Waals surface area contributed by atoms with Crippen LogP contribution in [0.3, 0.4) is 0 Å². The lowest BCUT2D eigenvalue weighted by Crippen LogP contribution is -2.47. The van der Waals surface area contributed by atoms with Crippen LogP contribution in [0.4, 0.5) is 0 Å². The normalized spacial score (nSPS) is 18.5. The van der Waals surface area contributed by atoms with Gasteiger partial charge in [-0.1, -0.05) is 30.3 Å². The highest BCUT2D eigenvalue weighted by Gasteiger charge is 2.32.